The Bertz CT molecular complexity index is 1500. The van der Waals surface area contributed by atoms with Gasteiger partial charge in [-0.2, -0.15) is 0 Å². The summed E-state index contributed by atoms with van der Waals surface area (Å²) in [6.07, 6.45) is 0. The van der Waals surface area contributed by atoms with Crippen molar-refractivity contribution in [3.8, 4) is 11.5 Å². The van der Waals surface area contributed by atoms with Crippen LogP contribution in [0.2, 0.25) is 10.0 Å². The zero-order valence-electron chi connectivity index (χ0n) is 25.0. The van der Waals surface area contributed by atoms with E-state index in [-0.39, 0.29) is 0 Å². The van der Waals surface area contributed by atoms with Crippen molar-refractivity contribution >= 4 is 84.7 Å². The number of hydrogen-bond acceptors (Lipinski definition) is 6. The van der Waals surface area contributed by atoms with Gasteiger partial charge in [-0.15, -0.1) is 0 Å². The van der Waals surface area contributed by atoms with Gasteiger partial charge in [-0.25, -0.2) is 0 Å². The van der Waals surface area contributed by atoms with Crippen LogP contribution in [0.25, 0.3) is 9.95 Å². The second kappa shape index (κ2) is 19.1. The molecular formula is C30H30Cl6N6O2Zn. The van der Waals surface area contributed by atoms with E-state index in [0.29, 0.717) is 32.9 Å². The molecule has 0 unspecified atom stereocenters. The van der Waals surface area contributed by atoms with Gasteiger partial charge in [0.15, 0.2) is 9.95 Å². The molecule has 0 aliphatic heterocycles. The minimum absolute atomic E-state index is 0.292. The molecule has 0 spiro atoms. The number of nitrogens with zero attached hydrogens (tertiary/aromatic N) is 6. The van der Waals surface area contributed by atoms with Crippen LogP contribution in [0.3, 0.4) is 0 Å². The van der Waals surface area contributed by atoms with Crippen LogP contribution in [0.15, 0.2) is 84.9 Å². The van der Waals surface area contributed by atoms with Crippen LogP contribution in [0.5, 0.6) is 11.5 Å². The Morgan fingerprint density at radius 1 is 0.622 bits per heavy atom. The van der Waals surface area contributed by atoms with E-state index in [1.165, 1.54) is 11.1 Å². The molecule has 0 radical (unpaired) electrons. The summed E-state index contributed by atoms with van der Waals surface area (Å²) in [6, 6.07) is 26.9. The maximum absolute atomic E-state index is 8.87. The monoisotopic (exact) mass is 780 g/mol. The van der Waals surface area contributed by atoms with Crippen LogP contribution >= 0.6 is 62.0 Å². The molecular weight excluding hydrogens is 754 g/mol. The fourth-order valence-corrected chi connectivity index (χ4v) is 4.42. The molecule has 0 saturated heterocycles. The first-order valence-electron chi connectivity index (χ1n) is 13.3. The molecule has 4 rings (SSSR count). The van der Waals surface area contributed by atoms with Gasteiger partial charge in [-0.05, 0) is 23.3 Å². The van der Waals surface area contributed by atoms with Crippen molar-refractivity contribution in [3.63, 3.8) is 0 Å². The normalized spacial score (nSPS) is 10.1. The van der Waals surface area contributed by atoms with Crippen LogP contribution in [-0.2, 0) is 23.9 Å². The van der Waals surface area contributed by atoms with E-state index in [0.717, 1.165) is 24.5 Å². The molecule has 0 aliphatic rings. The number of rotatable bonds is 8. The molecule has 0 amide bonds. The molecule has 0 fully saturated rings. The van der Waals surface area contributed by atoms with Crippen LogP contribution in [0.1, 0.15) is 11.1 Å². The molecule has 0 heterocycles. The molecule has 0 aromatic heterocycles. The van der Waals surface area contributed by atoms with E-state index in [4.69, 9.17) is 82.2 Å². The summed E-state index contributed by atoms with van der Waals surface area (Å²) >= 11 is 12.1. The van der Waals surface area contributed by atoms with Crippen molar-refractivity contribution in [1.82, 2.24) is 0 Å². The molecule has 0 aliphatic carbocycles. The third kappa shape index (κ3) is 13.3. The number of diazo groups is 2. The van der Waals surface area contributed by atoms with Gasteiger partial charge in [0.1, 0.15) is 21.5 Å². The minimum atomic E-state index is -3.36. The van der Waals surface area contributed by atoms with E-state index >= 15 is 0 Å². The molecule has 0 N–H and O–H groups in total. The van der Waals surface area contributed by atoms with Crippen molar-refractivity contribution in [2.45, 2.75) is 13.1 Å². The number of benzene rings is 4. The molecule has 4 aromatic rings. The summed E-state index contributed by atoms with van der Waals surface area (Å²) < 4.78 is 10.7. The van der Waals surface area contributed by atoms with E-state index in [1.54, 1.807) is 38.5 Å². The van der Waals surface area contributed by atoms with E-state index in [2.05, 4.69) is 34.2 Å². The Hall–Kier alpha value is -2.72. The molecule has 8 nitrogen and oxygen atoms in total. The second-order valence-electron chi connectivity index (χ2n) is 9.44. The molecule has 15 heteroatoms. The average molecular weight is 785 g/mol. The van der Waals surface area contributed by atoms with Gasteiger partial charge in [0.05, 0.1) is 37.7 Å². The zero-order chi connectivity index (χ0) is 33.6. The van der Waals surface area contributed by atoms with Crippen LogP contribution in [0, 0.1) is 10.8 Å². The van der Waals surface area contributed by atoms with Crippen LogP contribution in [0.4, 0.5) is 22.7 Å². The van der Waals surface area contributed by atoms with Crippen molar-refractivity contribution in [2.75, 3.05) is 38.1 Å². The van der Waals surface area contributed by atoms with Gasteiger partial charge in [0.25, 0.3) is 0 Å². The summed E-state index contributed by atoms with van der Waals surface area (Å²) in [6.45, 7) is 1.45. The quantitative estimate of drug-likeness (QED) is 0.131. The summed E-state index contributed by atoms with van der Waals surface area (Å²) in [7, 11) is 23.9. The van der Waals surface area contributed by atoms with Crippen molar-refractivity contribution in [2.24, 2.45) is 0 Å². The van der Waals surface area contributed by atoms with E-state index in [9.17, 15) is 0 Å². The number of halogens is 6. The standard InChI is InChI=1S/2C15H15ClN3O.4ClH.Zn/c2*1-19(10-11-6-4-3-5-7-11)14-8-12(16)13(18-17)9-15(14)20-2;;;;;/h2*3-9H,10H2,1-2H3;4*1H;/q2*+1;;;;;+2/p-4. The maximum atomic E-state index is 8.87. The third-order valence-electron chi connectivity index (χ3n) is 6.06. The predicted octanol–water partition coefficient (Wildman–Crippen LogP) is 11.7. The summed E-state index contributed by atoms with van der Waals surface area (Å²) in [5, 5.41) is 18.5. The number of ether oxygens (including phenoxy) is 2. The zero-order valence-corrected chi connectivity index (χ0v) is 32.5. The van der Waals surface area contributed by atoms with E-state index < -0.39 is 10.8 Å². The molecule has 0 atom stereocenters. The van der Waals surface area contributed by atoms with Gasteiger partial charge >= 0.3 is 61.0 Å². The number of anilines is 2. The molecule has 45 heavy (non-hydrogen) atoms. The Balaban J connectivity index is 0.000000273. The molecule has 0 saturated carbocycles. The predicted molar refractivity (Wildman–Crippen MR) is 186 cm³/mol. The van der Waals surface area contributed by atoms with Gasteiger partial charge < -0.3 is 19.3 Å². The Labute approximate surface area is 292 Å². The average Bonchev–Trinajstić information content (AvgIpc) is 3.01. The first kappa shape index (κ1) is 38.5. The SMILES string of the molecule is COc1cc([N+]#N)c(Cl)cc1N(C)Cc1ccccc1.COc1cc([N+]#N)c(Cl)cc1N(C)Cc1ccccc1.[Cl][Zn-2]([Cl])([Cl])[Cl]. The van der Waals surface area contributed by atoms with Crippen molar-refractivity contribution in [3.05, 3.63) is 116 Å². The Morgan fingerprint density at radius 3 is 1.20 bits per heavy atom. The van der Waals surface area contributed by atoms with Crippen LogP contribution < -0.4 is 19.3 Å². The molecule has 4 aromatic carbocycles. The number of methoxy groups -OCH3 is 2. The van der Waals surface area contributed by atoms with Gasteiger partial charge in [0.2, 0.25) is 10.8 Å². The first-order chi connectivity index (χ1) is 21.3. The first-order valence-corrected chi connectivity index (χ1v) is 29.7. The van der Waals surface area contributed by atoms with Crippen molar-refractivity contribution in [1.29, 1.82) is 10.8 Å². The Morgan fingerprint density at radius 2 is 0.933 bits per heavy atom. The molecule has 0 bridgehead atoms. The summed E-state index contributed by atoms with van der Waals surface area (Å²) in [5.41, 5.74) is 4.64. The molecule has 236 valence electrons. The van der Waals surface area contributed by atoms with Crippen molar-refractivity contribution < 1.29 is 20.3 Å². The second-order valence-corrected chi connectivity index (χ2v) is 38.0. The topological polar surface area (TPSA) is 81.2 Å². The summed E-state index contributed by atoms with van der Waals surface area (Å²) in [5.74, 6) is 1.22. The Kier molecular flexibility index (Phi) is 16.3. The number of hydrogen-bond donors (Lipinski definition) is 0. The van der Waals surface area contributed by atoms with Crippen LogP contribution in [-0.4, -0.2) is 28.3 Å². The van der Waals surface area contributed by atoms with E-state index in [1.807, 2.05) is 60.3 Å². The van der Waals surface area contributed by atoms with Gasteiger partial charge in [-0.1, -0.05) is 83.9 Å². The van der Waals surface area contributed by atoms with Gasteiger partial charge in [0, 0.05) is 27.2 Å². The van der Waals surface area contributed by atoms with Gasteiger partial charge in [-0.3, -0.25) is 0 Å². The fraction of sp³-hybridized carbons (Fsp3) is 0.200. The fourth-order valence-electron chi connectivity index (χ4n) is 4.03. The third-order valence-corrected chi connectivity index (χ3v) is 6.67. The summed E-state index contributed by atoms with van der Waals surface area (Å²) in [4.78, 5) is 10.3.